The first-order valence-corrected chi connectivity index (χ1v) is 7.99. The zero-order valence-electron chi connectivity index (χ0n) is 15.1. The lowest BCUT2D eigenvalue weighted by atomic mass is 10.1. The van der Waals surface area contributed by atoms with Gasteiger partial charge in [-0.2, -0.15) is 0 Å². The molecule has 0 radical (unpaired) electrons. The van der Waals surface area contributed by atoms with Crippen LogP contribution in [0.2, 0.25) is 0 Å². The molecule has 2 aromatic carbocycles. The summed E-state index contributed by atoms with van der Waals surface area (Å²) in [4.78, 5) is 41.4. The molecule has 0 aliphatic heterocycles. The molecule has 0 saturated heterocycles. The number of aliphatic hydroxyl groups excluding tert-OH is 2. The molecule has 0 fully saturated rings. The minimum atomic E-state index is -1.13. The fourth-order valence-corrected chi connectivity index (χ4v) is 1.61. The van der Waals surface area contributed by atoms with Gasteiger partial charge in [0.15, 0.2) is 0 Å². The number of aromatic carboxylic acids is 4. The van der Waals surface area contributed by atoms with E-state index in [1.165, 1.54) is 42.5 Å². The highest BCUT2D eigenvalue weighted by molar-refractivity contribution is 5.93. The second-order valence-electron chi connectivity index (χ2n) is 5.18. The highest BCUT2D eigenvalue weighted by Crippen LogP contribution is 2.05. The monoisotopic (exact) mass is 408 g/mol. The van der Waals surface area contributed by atoms with E-state index in [-0.39, 0.29) is 35.5 Å². The van der Waals surface area contributed by atoms with E-state index in [0.29, 0.717) is 6.42 Å². The van der Waals surface area contributed by atoms with Crippen molar-refractivity contribution in [2.75, 3.05) is 13.2 Å². The SMILES string of the molecule is O=C(O)c1ccc(C(=O)O)cc1.O=C(O)c1cccc(C(=O)O)c1.OCCCO. The van der Waals surface area contributed by atoms with Crippen molar-refractivity contribution < 1.29 is 49.8 Å². The Bertz CT molecular complexity index is 763. The number of carboxylic acids is 4. The van der Waals surface area contributed by atoms with Gasteiger partial charge in [-0.05, 0) is 48.9 Å². The van der Waals surface area contributed by atoms with E-state index in [0.717, 1.165) is 6.07 Å². The summed E-state index contributed by atoms with van der Waals surface area (Å²) < 4.78 is 0. The van der Waals surface area contributed by atoms with E-state index in [2.05, 4.69) is 0 Å². The second-order valence-corrected chi connectivity index (χ2v) is 5.18. The van der Waals surface area contributed by atoms with Crippen molar-refractivity contribution in [3.8, 4) is 0 Å². The van der Waals surface area contributed by atoms with Crippen LogP contribution in [0.1, 0.15) is 47.9 Å². The first-order chi connectivity index (χ1) is 13.6. The molecule has 0 amide bonds. The van der Waals surface area contributed by atoms with E-state index in [1.54, 1.807) is 0 Å². The molecule has 0 bridgehead atoms. The molecule has 156 valence electrons. The number of carboxylic acid groups (broad SMARTS) is 4. The first kappa shape index (κ1) is 25.2. The first-order valence-electron chi connectivity index (χ1n) is 7.99. The van der Waals surface area contributed by atoms with Gasteiger partial charge in [-0.25, -0.2) is 19.2 Å². The zero-order valence-corrected chi connectivity index (χ0v) is 15.1. The molecule has 0 aliphatic rings. The molecule has 0 spiro atoms. The zero-order chi connectivity index (χ0) is 22.4. The predicted molar refractivity (Wildman–Crippen MR) is 99.5 cm³/mol. The summed E-state index contributed by atoms with van der Waals surface area (Å²) in [6, 6.07) is 10.2. The van der Waals surface area contributed by atoms with Crippen LogP contribution >= 0.6 is 0 Å². The topological polar surface area (TPSA) is 190 Å². The normalized spacial score (nSPS) is 9.17. The van der Waals surface area contributed by atoms with Gasteiger partial charge in [0.05, 0.1) is 22.3 Å². The molecule has 29 heavy (non-hydrogen) atoms. The van der Waals surface area contributed by atoms with Gasteiger partial charge in [0, 0.05) is 13.2 Å². The molecule has 2 rings (SSSR count). The summed E-state index contributed by atoms with van der Waals surface area (Å²) in [7, 11) is 0. The van der Waals surface area contributed by atoms with Crippen molar-refractivity contribution in [3.05, 3.63) is 70.8 Å². The minimum Gasteiger partial charge on any atom is -0.478 e. The number of rotatable bonds is 6. The maximum Gasteiger partial charge on any atom is 0.335 e. The van der Waals surface area contributed by atoms with Crippen LogP contribution in [-0.2, 0) is 0 Å². The van der Waals surface area contributed by atoms with Gasteiger partial charge in [0.1, 0.15) is 0 Å². The quantitative estimate of drug-likeness (QED) is 0.408. The van der Waals surface area contributed by atoms with Crippen LogP contribution in [0.5, 0.6) is 0 Å². The van der Waals surface area contributed by atoms with Gasteiger partial charge < -0.3 is 30.6 Å². The Kier molecular flexibility index (Phi) is 11.7. The Labute approximate surface area is 164 Å². The molecule has 0 heterocycles. The lowest BCUT2D eigenvalue weighted by Crippen LogP contribution is -2.01. The number of benzene rings is 2. The third kappa shape index (κ3) is 10.2. The molecule has 10 heteroatoms. The van der Waals surface area contributed by atoms with Crippen LogP contribution in [-0.4, -0.2) is 67.7 Å². The summed E-state index contributed by atoms with van der Waals surface area (Å²) in [6.07, 6.45) is 0.500. The summed E-state index contributed by atoms with van der Waals surface area (Å²) in [6.45, 7) is 0.188. The minimum absolute atomic E-state index is 0.0186. The van der Waals surface area contributed by atoms with E-state index >= 15 is 0 Å². The number of carbonyl (C=O) groups is 4. The van der Waals surface area contributed by atoms with E-state index in [1.807, 2.05) is 0 Å². The van der Waals surface area contributed by atoms with Gasteiger partial charge >= 0.3 is 23.9 Å². The van der Waals surface area contributed by atoms with Crippen molar-refractivity contribution in [2.45, 2.75) is 6.42 Å². The van der Waals surface area contributed by atoms with Gasteiger partial charge in [-0.15, -0.1) is 0 Å². The van der Waals surface area contributed by atoms with Crippen molar-refractivity contribution in [1.29, 1.82) is 0 Å². The molecule has 2 aromatic rings. The van der Waals surface area contributed by atoms with E-state index < -0.39 is 23.9 Å². The van der Waals surface area contributed by atoms with Gasteiger partial charge in [-0.3, -0.25) is 0 Å². The van der Waals surface area contributed by atoms with Crippen molar-refractivity contribution in [2.24, 2.45) is 0 Å². The molecule has 0 aromatic heterocycles. The van der Waals surface area contributed by atoms with Crippen LogP contribution in [0.3, 0.4) is 0 Å². The highest BCUT2D eigenvalue weighted by Gasteiger charge is 2.07. The third-order valence-corrected chi connectivity index (χ3v) is 3.05. The standard InChI is InChI=1S/2C8H6O4.C3H8O2/c9-7(10)5-1-2-6(4-3-5)8(11)12;9-7(10)5-2-1-3-6(4-5)8(11)12;4-2-1-3-5/h2*1-4H,(H,9,10)(H,11,12);4-5H,1-3H2. The highest BCUT2D eigenvalue weighted by atomic mass is 16.4. The fourth-order valence-electron chi connectivity index (χ4n) is 1.61. The maximum absolute atomic E-state index is 10.4. The van der Waals surface area contributed by atoms with Gasteiger partial charge in [-0.1, -0.05) is 6.07 Å². The Hall–Kier alpha value is -3.76. The molecular formula is C19H20O10. The Balaban J connectivity index is 0.000000442. The molecule has 6 N–H and O–H groups in total. The average molecular weight is 408 g/mol. The Morgan fingerprint density at radius 1 is 0.552 bits per heavy atom. The molecule has 0 saturated carbocycles. The van der Waals surface area contributed by atoms with Crippen LogP contribution in [0.15, 0.2) is 48.5 Å². The van der Waals surface area contributed by atoms with Crippen LogP contribution in [0, 0.1) is 0 Å². The largest absolute Gasteiger partial charge is 0.478 e. The van der Waals surface area contributed by atoms with Crippen LogP contribution in [0.25, 0.3) is 0 Å². The third-order valence-electron chi connectivity index (χ3n) is 3.05. The molecule has 0 aliphatic carbocycles. The van der Waals surface area contributed by atoms with Crippen LogP contribution < -0.4 is 0 Å². The number of aliphatic hydroxyl groups is 2. The predicted octanol–water partition coefficient (Wildman–Crippen LogP) is 1.53. The molecule has 0 atom stereocenters. The van der Waals surface area contributed by atoms with Crippen LogP contribution in [0.4, 0.5) is 0 Å². The smallest absolute Gasteiger partial charge is 0.335 e. The molecule has 0 unspecified atom stereocenters. The lowest BCUT2D eigenvalue weighted by molar-refractivity contribution is 0.0681. The van der Waals surface area contributed by atoms with Gasteiger partial charge in [0.2, 0.25) is 0 Å². The summed E-state index contributed by atoms with van der Waals surface area (Å²) in [5.74, 6) is -4.38. The average Bonchev–Trinajstić information content (AvgIpc) is 2.69. The molecular weight excluding hydrogens is 388 g/mol. The number of hydrogen-bond acceptors (Lipinski definition) is 6. The Morgan fingerprint density at radius 3 is 1.07 bits per heavy atom. The second kappa shape index (κ2) is 13.4. The summed E-state index contributed by atoms with van der Waals surface area (Å²) in [5, 5.41) is 49.7. The lowest BCUT2D eigenvalue weighted by Gasteiger charge is -1.95. The molecule has 10 nitrogen and oxygen atoms in total. The van der Waals surface area contributed by atoms with Crippen molar-refractivity contribution >= 4 is 23.9 Å². The number of hydrogen-bond donors (Lipinski definition) is 6. The van der Waals surface area contributed by atoms with E-state index in [9.17, 15) is 19.2 Å². The summed E-state index contributed by atoms with van der Waals surface area (Å²) in [5.41, 5.74) is 0.129. The van der Waals surface area contributed by atoms with Crippen molar-refractivity contribution in [3.63, 3.8) is 0 Å². The van der Waals surface area contributed by atoms with Gasteiger partial charge in [0.25, 0.3) is 0 Å². The van der Waals surface area contributed by atoms with Crippen molar-refractivity contribution in [1.82, 2.24) is 0 Å². The maximum atomic E-state index is 10.4. The Morgan fingerprint density at radius 2 is 0.862 bits per heavy atom. The fraction of sp³-hybridized carbons (Fsp3) is 0.158. The van der Waals surface area contributed by atoms with E-state index in [4.69, 9.17) is 30.6 Å². The summed E-state index contributed by atoms with van der Waals surface area (Å²) >= 11 is 0.